The highest BCUT2D eigenvalue weighted by molar-refractivity contribution is 5.78. The van der Waals surface area contributed by atoms with Crippen molar-refractivity contribution in [2.45, 2.75) is 46.6 Å². The lowest BCUT2D eigenvalue weighted by Crippen LogP contribution is -2.36. The van der Waals surface area contributed by atoms with Crippen LogP contribution in [0.2, 0.25) is 0 Å². The fourth-order valence-corrected chi connectivity index (χ4v) is 2.46. The number of nitrogens with zero attached hydrogens (tertiary/aromatic N) is 3. The summed E-state index contributed by atoms with van der Waals surface area (Å²) in [5.74, 6) is 1.15. The molecule has 0 bridgehead atoms. The zero-order valence-electron chi connectivity index (χ0n) is 13.2. The molecule has 0 saturated heterocycles. The van der Waals surface area contributed by atoms with Crippen molar-refractivity contribution in [2.24, 2.45) is 11.8 Å². The van der Waals surface area contributed by atoms with Gasteiger partial charge in [0, 0.05) is 12.1 Å². The van der Waals surface area contributed by atoms with Crippen molar-refractivity contribution in [3.05, 3.63) is 30.2 Å². The van der Waals surface area contributed by atoms with Crippen LogP contribution in [0.15, 0.2) is 24.4 Å². The van der Waals surface area contributed by atoms with Crippen molar-refractivity contribution in [1.82, 2.24) is 19.9 Å². The summed E-state index contributed by atoms with van der Waals surface area (Å²) in [4.78, 5) is 12.3. The second-order valence-corrected chi connectivity index (χ2v) is 5.91. The molecule has 2 aromatic heterocycles. The maximum atomic E-state index is 12.3. The quantitative estimate of drug-likeness (QED) is 0.889. The van der Waals surface area contributed by atoms with Crippen LogP contribution in [0.4, 0.5) is 0 Å². The largest absolute Gasteiger partial charge is 0.346 e. The number of pyridine rings is 1. The van der Waals surface area contributed by atoms with Crippen LogP contribution in [0.3, 0.4) is 0 Å². The van der Waals surface area contributed by atoms with E-state index in [0.717, 1.165) is 24.3 Å². The Morgan fingerprint density at radius 2 is 2.05 bits per heavy atom. The molecular weight excluding hydrogens is 264 g/mol. The van der Waals surface area contributed by atoms with E-state index in [2.05, 4.69) is 36.3 Å². The number of aromatic nitrogens is 3. The Morgan fingerprint density at radius 3 is 2.71 bits per heavy atom. The minimum Gasteiger partial charge on any atom is -0.346 e. The molecular formula is C16H24N4O. The highest BCUT2D eigenvalue weighted by Crippen LogP contribution is 2.21. The van der Waals surface area contributed by atoms with E-state index in [1.54, 1.807) is 0 Å². The van der Waals surface area contributed by atoms with Crippen LogP contribution in [0.5, 0.6) is 0 Å². The fourth-order valence-electron chi connectivity index (χ4n) is 2.46. The van der Waals surface area contributed by atoms with Gasteiger partial charge in [0.1, 0.15) is 0 Å². The molecule has 0 fully saturated rings. The Labute approximate surface area is 125 Å². The average Bonchev–Trinajstić information content (AvgIpc) is 2.88. The topological polar surface area (TPSA) is 59.3 Å². The first-order valence-corrected chi connectivity index (χ1v) is 7.64. The van der Waals surface area contributed by atoms with Gasteiger partial charge in [-0.05, 0) is 24.5 Å². The molecule has 0 unspecified atom stereocenters. The third kappa shape index (κ3) is 3.40. The minimum absolute atomic E-state index is 0.0236. The number of amides is 1. The first kappa shape index (κ1) is 15.5. The Kier molecular flexibility index (Phi) is 4.94. The van der Waals surface area contributed by atoms with Crippen molar-refractivity contribution in [3.8, 4) is 0 Å². The van der Waals surface area contributed by atoms with E-state index in [9.17, 15) is 4.79 Å². The van der Waals surface area contributed by atoms with Crippen molar-refractivity contribution >= 4 is 11.6 Å². The second-order valence-electron chi connectivity index (χ2n) is 5.91. The van der Waals surface area contributed by atoms with Crippen LogP contribution < -0.4 is 5.32 Å². The Bertz CT molecular complexity index is 605. The molecule has 0 aliphatic rings. The van der Waals surface area contributed by atoms with Crippen LogP contribution in [-0.4, -0.2) is 20.5 Å². The van der Waals surface area contributed by atoms with Gasteiger partial charge in [0.2, 0.25) is 5.91 Å². The van der Waals surface area contributed by atoms with E-state index in [1.807, 2.05) is 35.7 Å². The molecule has 2 aromatic rings. The predicted molar refractivity (Wildman–Crippen MR) is 82.8 cm³/mol. The number of rotatable bonds is 6. The van der Waals surface area contributed by atoms with E-state index in [4.69, 9.17) is 0 Å². The zero-order valence-corrected chi connectivity index (χ0v) is 13.2. The van der Waals surface area contributed by atoms with Crippen molar-refractivity contribution in [1.29, 1.82) is 0 Å². The Morgan fingerprint density at radius 1 is 1.29 bits per heavy atom. The first-order chi connectivity index (χ1) is 10.0. The molecule has 0 aliphatic heterocycles. The molecule has 114 valence electrons. The van der Waals surface area contributed by atoms with Crippen LogP contribution in [0.25, 0.3) is 5.65 Å². The first-order valence-electron chi connectivity index (χ1n) is 7.64. The summed E-state index contributed by atoms with van der Waals surface area (Å²) in [5, 5.41) is 11.6. The molecule has 0 spiro atoms. The lowest BCUT2D eigenvalue weighted by atomic mass is 10.0. The van der Waals surface area contributed by atoms with E-state index in [-0.39, 0.29) is 23.8 Å². The number of hydrogen-bond acceptors (Lipinski definition) is 3. The summed E-state index contributed by atoms with van der Waals surface area (Å²) in [6.07, 6.45) is 3.84. The Hall–Kier alpha value is -1.91. The number of carbonyl (C=O) groups excluding carboxylic acids is 1. The van der Waals surface area contributed by atoms with Crippen LogP contribution in [0, 0.1) is 11.8 Å². The molecule has 1 N–H and O–H groups in total. The van der Waals surface area contributed by atoms with Crippen molar-refractivity contribution in [3.63, 3.8) is 0 Å². The monoisotopic (exact) mass is 288 g/mol. The SMILES string of the molecule is CCC[C@H](C)C(=O)N[C@H](c1nnc2ccccn12)C(C)C. The normalized spacial score (nSPS) is 14.3. The summed E-state index contributed by atoms with van der Waals surface area (Å²) in [6.45, 7) is 8.23. The predicted octanol–water partition coefficient (Wildman–Crippen LogP) is 2.98. The summed E-state index contributed by atoms with van der Waals surface area (Å²) >= 11 is 0. The number of hydrogen-bond donors (Lipinski definition) is 1. The maximum absolute atomic E-state index is 12.3. The highest BCUT2D eigenvalue weighted by atomic mass is 16.1. The van der Waals surface area contributed by atoms with E-state index < -0.39 is 0 Å². The number of carbonyl (C=O) groups is 1. The maximum Gasteiger partial charge on any atom is 0.223 e. The molecule has 5 heteroatoms. The molecule has 0 aliphatic carbocycles. The van der Waals surface area contributed by atoms with Gasteiger partial charge in [0.15, 0.2) is 11.5 Å². The summed E-state index contributed by atoms with van der Waals surface area (Å²) in [7, 11) is 0. The minimum atomic E-state index is -0.130. The van der Waals surface area contributed by atoms with Gasteiger partial charge in [0.25, 0.3) is 0 Å². The molecule has 21 heavy (non-hydrogen) atoms. The zero-order chi connectivity index (χ0) is 15.4. The van der Waals surface area contributed by atoms with E-state index in [1.165, 1.54) is 0 Å². The van der Waals surface area contributed by atoms with Gasteiger partial charge >= 0.3 is 0 Å². The van der Waals surface area contributed by atoms with E-state index >= 15 is 0 Å². The van der Waals surface area contributed by atoms with Gasteiger partial charge in [-0.25, -0.2) is 0 Å². The molecule has 2 rings (SSSR count). The third-order valence-electron chi connectivity index (χ3n) is 3.75. The molecule has 0 saturated carbocycles. The third-order valence-corrected chi connectivity index (χ3v) is 3.75. The van der Waals surface area contributed by atoms with Crippen molar-refractivity contribution < 1.29 is 4.79 Å². The van der Waals surface area contributed by atoms with Gasteiger partial charge in [-0.1, -0.05) is 40.2 Å². The second kappa shape index (κ2) is 6.70. The lowest BCUT2D eigenvalue weighted by Gasteiger charge is -2.22. The van der Waals surface area contributed by atoms with Gasteiger partial charge in [-0.3, -0.25) is 9.20 Å². The smallest absolute Gasteiger partial charge is 0.223 e. The van der Waals surface area contributed by atoms with Gasteiger partial charge in [-0.2, -0.15) is 0 Å². The van der Waals surface area contributed by atoms with E-state index in [0.29, 0.717) is 0 Å². The van der Waals surface area contributed by atoms with Gasteiger partial charge in [-0.15, -0.1) is 10.2 Å². The molecule has 0 radical (unpaired) electrons. The van der Waals surface area contributed by atoms with Gasteiger partial charge < -0.3 is 5.32 Å². The van der Waals surface area contributed by atoms with Crippen LogP contribution >= 0.6 is 0 Å². The summed E-state index contributed by atoms with van der Waals surface area (Å²) < 4.78 is 1.94. The number of fused-ring (bicyclic) bond motifs is 1. The molecule has 2 heterocycles. The molecule has 1 amide bonds. The Balaban J connectivity index is 2.25. The van der Waals surface area contributed by atoms with Gasteiger partial charge in [0.05, 0.1) is 6.04 Å². The summed E-state index contributed by atoms with van der Waals surface area (Å²) in [5.41, 5.74) is 0.800. The van der Waals surface area contributed by atoms with Crippen LogP contribution in [-0.2, 0) is 4.79 Å². The molecule has 2 atom stereocenters. The lowest BCUT2D eigenvalue weighted by molar-refractivity contribution is -0.125. The number of nitrogens with one attached hydrogen (secondary N) is 1. The standard InChI is InChI=1S/C16H24N4O/c1-5-8-12(4)16(21)17-14(11(2)3)15-19-18-13-9-6-7-10-20(13)15/h6-7,9-12,14H,5,8H2,1-4H3,(H,17,21)/t12-,14-/m0/s1. The highest BCUT2D eigenvalue weighted by Gasteiger charge is 2.25. The average molecular weight is 288 g/mol. The molecule has 5 nitrogen and oxygen atoms in total. The fraction of sp³-hybridized carbons (Fsp3) is 0.562. The van der Waals surface area contributed by atoms with Crippen LogP contribution in [0.1, 0.15) is 52.4 Å². The molecule has 0 aromatic carbocycles. The van der Waals surface area contributed by atoms with Crippen molar-refractivity contribution in [2.75, 3.05) is 0 Å². The summed E-state index contributed by atoms with van der Waals surface area (Å²) in [6, 6.07) is 5.66.